The first-order valence-corrected chi connectivity index (χ1v) is 10.4. The summed E-state index contributed by atoms with van der Waals surface area (Å²) in [5, 5.41) is 2.97. The number of benzene rings is 2. The van der Waals surface area contributed by atoms with Crippen LogP contribution in [0, 0.1) is 0 Å². The summed E-state index contributed by atoms with van der Waals surface area (Å²) >= 11 is 0. The lowest BCUT2D eigenvalue weighted by molar-refractivity contribution is 0.0608. The normalized spacial score (nSPS) is 16.6. The fraction of sp³-hybridized carbons (Fsp3) is 0.417. The Morgan fingerprint density at radius 3 is 2.61 bits per heavy atom. The van der Waals surface area contributed by atoms with Gasteiger partial charge in [0.25, 0.3) is 11.8 Å². The molecular weight excluding hydrogens is 348 g/mol. The molecule has 1 N–H and O–H groups in total. The molecule has 0 aromatic heterocycles. The molecular formula is C24H30N2O2. The Labute approximate surface area is 167 Å². The molecule has 1 fully saturated rings. The monoisotopic (exact) mass is 378 g/mol. The molecule has 1 saturated heterocycles. The van der Waals surface area contributed by atoms with Gasteiger partial charge >= 0.3 is 0 Å². The molecule has 4 heteroatoms. The average molecular weight is 379 g/mol. The van der Waals surface area contributed by atoms with Crippen molar-refractivity contribution >= 4 is 11.8 Å². The summed E-state index contributed by atoms with van der Waals surface area (Å²) in [4.78, 5) is 27.4. The summed E-state index contributed by atoms with van der Waals surface area (Å²) in [6.45, 7) is 3.57. The van der Waals surface area contributed by atoms with Crippen LogP contribution in [0.15, 0.2) is 54.6 Å². The zero-order valence-corrected chi connectivity index (χ0v) is 16.7. The maximum atomic E-state index is 13.0. The molecule has 4 nitrogen and oxygen atoms in total. The van der Waals surface area contributed by atoms with E-state index in [2.05, 4.69) is 24.4 Å². The second-order valence-corrected chi connectivity index (χ2v) is 7.48. The van der Waals surface area contributed by atoms with E-state index in [1.807, 2.05) is 29.2 Å². The summed E-state index contributed by atoms with van der Waals surface area (Å²) in [5.41, 5.74) is 2.43. The zero-order valence-electron chi connectivity index (χ0n) is 16.7. The van der Waals surface area contributed by atoms with Crippen molar-refractivity contribution in [3.05, 3.63) is 71.3 Å². The number of nitrogens with zero attached hydrogens (tertiary/aromatic N) is 1. The van der Waals surface area contributed by atoms with Crippen LogP contribution in [0.25, 0.3) is 0 Å². The highest BCUT2D eigenvalue weighted by Crippen LogP contribution is 2.22. The number of aryl methyl sites for hydroxylation is 1. The van der Waals surface area contributed by atoms with Crippen LogP contribution in [0.1, 0.15) is 65.3 Å². The standard InChI is InChI=1S/C24H30N2O2/c1-2-22-15-6-7-17-26(22)24(28)21-14-8-13-20(18-21)23(27)25-16-9-12-19-10-4-3-5-11-19/h3-5,8,10-11,13-14,18,22H,2,6-7,9,12,15-17H2,1H3,(H,25,27). The predicted octanol–water partition coefficient (Wildman–Crippen LogP) is 4.45. The lowest BCUT2D eigenvalue weighted by Gasteiger charge is -2.35. The second-order valence-electron chi connectivity index (χ2n) is 7.48. The Morgan fingerprint density at radius 1 is 1.04 bits per heavy atom. The first-order valence-electron chi connectivity index (χ1n) is 10.4. The molecule has 0 saturated carbocycles. The number of carbonyl (C=O) groups excluding carboxylic acids is 2. The first kappa shape index (κ1) is 20.1. The molecule has 1 aliphatic heterocycles. The van der Waals surface area contributed by atoms with Gasteiger partial charge in [-0.05, 0) is 62.3 Å². The minimum atomic E-state index is -0.117. The number of hydrogen-bond donors (Lipinski definition) is 1. The Kier molecular flexibility index (Phi) is 7.24. The van der Waals surface area contributed by atoms with Gasteiger partial charge in [0, 0.05) is 30.3 Å². The SMILES string of the molecule is CCC1CCCCN1C(=O)c1cccc(C(=O)NCCCc2ccccc2)c1. The van der Waals surface area contributed by atoms with Crippen LogP contribution in [-0.4, -0.2) is 35.8 Å². The molecule has 0 radical (unpaired) electrons. The van der Waals surface area contributed by atoms with E-state index in [1.165, 1.54) is 12.0 Å². The summed E-state index contributed by atoms with van der Waals surface area (Å²) in [5.74, 6) is -0.0707. The van der Waals surface area contributed by atoms with Crippen molar-refractivity contribution in [2.75, 3.05) is 13.1 Å². The van der Waals surface area contributed by atoms with Gasteiger partial charge in [-0.15, -0.1) is 0 Å². The third kappa shape index (κ3) is 5.22. The molecule has 3 rings (SSSR count). The number of piperidine rings is 1. The Morgan fingerprint density at radius 2 is 1.82 bits per heavy atom. The third-order valence-electron chi connectivity index (χ3n) is 5.50. The van der Waals surface area contributed by atoms with Crippen molar-refractivity contribution in [2.24, 2.45) is 0 Å². The first-order chi connectivity index (χ1) is 13.7. The summed E-state index contributed by atoms with van der Waals surface area (Å²) in [7, 11) is 0. The van der Waals surface area contributed by atoms with Crippen molar-refractivity contribution in [1.29, 1.82) is 0 Å². The molecule has 1 aliphatic rings. The quantitative estimate of drug-likeness (QED) is 0.724. The van der Waals surface area contributed by atoms with Crippen molar-refractivity contribution < 1.29 is 9.59 Å². The molecule has 28 heavy (non-hydrogen) atoms. The van der Waals surface area contributed by atoms with E-state index in [1.54, 1.807) is 18.2 Å². The van der Waals surface area contributed by atoms with E-state index in [0.29, 0.717) is 23.7 Å². The molecule has 1 unspecified atom stereocenters. The summed E-state index contributed by atoms with van der Waals surface area (Å²) in [6, 6.07) is 17.7. The van der Waals surface area contributed by atoms with Gasteiger partial charge in [-0.25, -0.2) is 0 Å². The summed E-state index contributed by atoms with van der Waals surface area (Å²) in [6.07, 6.45) is 6.13. The predicted molar refractivity (Wildman–Crippen MR) is 113 cm³/mol. The van der Waals surface area contributed by atoms with E-state index in [0.717, 1.165) is 38.6 Å². The van der Waals surface area contributed by atoms with E-state index >= 15 is 0 Å². The van der Waals surface area contributed by atoms with Gasteiger partial charge < -0.3 is 10.2 Å². The Bertz CT molecular complexity index is 788. The molecule has 2 amide bonds. The van der Waals surface area contributed by atoms with Gasteiger partial charge in [0.15, 0.2) is 0 Å². The van der Waals surface area contributed by atoms with Gasteiger partial charge in [0.05, 0.1) is 0 Å². The fourth-order valence-corrected chi connectivity index (χ4v) is 3.89. The van der Waals surface area contributed by atoms with Gasteiger partial charge in [-0.2, -0.15) is 0 Å². The number of rotatable bonds is 7. The summed E-state index contributed by atoms with van der Waals surface area (Å²) < 4.78 is 0. The largest absolute Gasteiger partial charge is 0.352 e. The molecule has 148 valence electrons. The lowest BCUT2D eigenvalue weighted by atomic mass is 9.98. The second kappa shape index (κ2) is 10.1. The molecule has 1 atom stereocenters. The highest BCUT2D eigenvalue weighted by Gasteiger charge is 2.26. The van der Waals surface area contributed by atoms with Gasteiger partial charge in [-0.3, -0.25) is 9.59 Å². The van der Waals surface area contributed by atoms with Crippen LogP contribution >= 0.6 is 0 Å². The Balaban J connectivity index is 1.56. The molecule has 0 aliphatic carbocycles. The van der Waals surface area contributed by atoms with Crippen LogP contribution in [-0.2, 0) is 6.42 Å². The van der Waals surface area contributed by atoms with E-state index < -0.39 is 0 Å². The molecule has 2 aromatic rings. The van der Waals surface area contributed by atoms with Crippen molar-refractivity contribution in [2.45, 2.75) is 51.5 Å². The van der Waals surface area contributed by atoms with Crippen molar-refractivity contribution in [1.82, 2.24) is 10.2 Å². The van der Waals surface area contributed by atoms with Crippen molar-refractivity contribution in [3.63, 3.8) is 0 Å². The highest BCUT2D eigenvalue weighted by atomic mass is 16.2. The van der Waals surface area contributed by atoms with Crippen LogP contribution in [0.2, 0.25) is 0 Å². The zero-order chi connectivity index (χ0) is 19.8. The van der Waals surface area contributed by atoms with Crippen LogP contribution < -0.4 is 5.32 Å². The maximum absolute atomic E-state index is 13.0. The number of likely N-dealkylation sites (tertiary alicyclic amines) is 1. The van der Waals surface area contributed by atoms with E-state index in [-0.39, 0.29) is 11.8 Å². The smallest absolute Gasteiger partial charge is 0.254 e. The topological polar surface area (TPSA) is 49.4 Å². The van der Waals surface area contributed by atoms with Crippen LogP contribution in [0.3, 0.4) is 0 Å². The number of carbonyl (C=O) groups is 2. The Hall–Kier alpha value is -2.62. The van der Waals surface area contributed by atoms with Gasteiger partial charge in [-0.1, -0.05) is 43.3 Å². The lowest BCUT2D eigenvalue weighted by Crippen LogP contribution is -2.43. The molecule has 0 spiro atoms. The van der Waals surface area contributed by atoms with E-state index in [9.17, 15) is 9.59 Å². The molecule has 2 aromatic carbocycles. The average Bonchev–Trinajstić information content (AvgIpc) is 2.76. The molecule has 1 heterocycles. The fourth-order valence-electron chi connectivity index (χ4n) is 3.89. The third-order valence-corrected chi connectivity index (χ3v) is 5.50. The maximum Gasteiger partial charge on any atom is 0.254 e. The minimum Gasteiger partial charge on any atom is -0.352 e. The minimum absolute atomic E-state index is 0.0466. The number of nitrogens with one attached hydrogen (secondary N) is 1. The van der Waals surface area contributed by atoms with E-state index in [4.69, 9.17) is 0 Å². The van der Waals surface area contributed by atoms with Gasteiger partial charge in [0.1, 0.15) is 0 Å². The molecule has 0 bridgehead atoms. The highest BCUT2D eigenvalue weighted by molar-refractivity contribution is 5.99. The van der Waals surface area contributed by atoms with Crippen LogP contribution in [0.5, 0.6) is 0 Å². The van der Waals surface area contributed by atoms with Crippen LogP contribution in [0.4, 0.5) is 0 Å². The van der Waals surface area contributed by atoms with Crippen molar-refractivity contribution in [3.8, 4) is 0 Å². The number of amides is 2. The van der Waals surface area contributed by atoms with Gasteiger partial charge in [0.2, 0.25) is 0 Å². The number of hydrogen-bond acceptors (Lipinski definition) is 2.